The molecular weight excluding hydrogens is 316 g/mol. The van der Waals surface area contributed by atoms with Crippen LogP contribution < -0.4 is 5.73 Å². The molecule has 0 aromatic carbocycles. The minimum atomic E-state index is -0.490. The van der Waals surface area contributed by atoms with Gasteiger partial charge in [-0.1, -0.05) is 0 Å². The predicted molar refractivity (Wildman–Crippen MR) is 74.7 cm³/mol. The number of likely N-dealkylation sites (tertiary alicyclic amines) is 1. The largest absolute Gasteiger partial charge is 0.369 e. The van der Waals surface area contributed by atoms with Crippen molar-refractivity contribution in [3.8, 4) is 0 Å². The number of carbonyl (C=O) groups is 2. The van der Waals surface area contributed by atoms with Crippen molar-refractivity contribution < 1.29 is 9.59 Å². The van der Waals surface area contributed by atoms with Gasteiger partial charge in [0.2, 0.25) is 5.91 Å². The first-order valence-electron chi connectivity index (χ1n) is 5.71. The van der Waals surface area contributed by atoms with Gasteiger partial charge in [-0.25, -0.2) is 0 Å². The quantitative estimate of drug-likeness (QED) is 0.857. The van der Waals surface area contributed by atoms with Crippen LogP contribution >= 0.6 is 27.3 Å². The molecule has 1 aromatic rings. The van der Waals surface area contributed by atoms with Crippen molar-refractivity contribution in [2.45, 2.75) is 13.3 Å². The van der Waals surface area contributed by atoms with Crippen molar-refractivity contribution in [3.05, 3.63) is 20.8 Å². The number of carbonyl (C=O) groups excluding carboxylic acids is 2. The molecule has 18 heavy (non-hydrogen) atoms. The molecule has 1 atom stereocenters. The van der Waals surface area contributed by atoms with Gasteiger partial charge in [0.15, 0.2) is 5.78 Å². The van der Waals surface area contributed by atoms with E-state index in [-0.39, 0.29) is 11.7 Å². The third-order valence-corrected chi connectivity index (χ3v) is 5.03. The van der Waals surface area contributed by atoms with Crippen molar-refractivity contribution in [1.29, 1.82) is 0 Å². The van der Waals surface area contributed by atoms with Crippen LogP contribution in [0, 0.1) is 5.41 Å². The van der Waals surface area contributed by atoms with Crippen LogP contribution in [-0.2, 0) is 4.79 Å². The number of halogens is 1. The molecule has 0 radical (unpaired) electrons. The SMILES string of the molecule is CC1(C(N)=O)CCN(CC(=O)c2ccc(Br)s2)C1. The van der Waals surface area contributed by atoms with Crippen LogP contribution in [0.2, 0.25) is 0 Å². The number of hydrogen-bond donors (Lipinski definition) is 1. The number of hydrogen-bond acceptors (Lipinski definition) is 4. The Hall–Kier alpha value is -0.720. The average Bonchev–Trinajstić information content (AvgIpc) is 2.86. The van der Waals surface area contributed by atoms with Gasteiger partial charge in [-0.3, -0.25) is 14.5 Å². The molecule has 0 bridgehead atoms. The molecule has 98 valence electrons. The molecule has 0 aliphatic carbocycles. The first-order valence-corrected chi connectivity index (χ1v) is 7.32. The zero-order valence-electron chi connectivity index (χ0n) is 10.1. The summed E-state index contributed by atoms with van der Waals surface area (Å²) in [6.07, 6.45) is 0.726. The molecule has 1 aliphatic heterocycles. The van der Waals surface area contributed by atoms with E-state index in [0.717, 1.165) is 21.6 Å². The summed E-state index contributed by atoms with van der Waals surface area (Å²) in [5, 5.41) is 0. The van der Waals surface area contributed by atoms with Crippen LogP contribution in [-0.4, -0.2) is 36.2 Å². The number of nitrogens with zero attached hydrogens (tertiary/aromatic N) is 1. The highest BCUT2D eigenvalue weighted by Crippen LogP contribution is 2.30. The monoisotopic (exact) mass is 330 g/mol. The van der Waals surface area contributed by atoms with E-state index in [1.807, 2.05) is 24.0 Å². The molecule has 2 rings (SSSR count). The second-order valence-electron chi connectivity index (χ2n) is 4.91. The summed E-state index contributed by atoms with van der Waals surface area (Å²) in [7, 11) is 0. The summed E-state index contributed by atoms with van der Waals surface area (Å²) in [5.74, 6) is -0.185. The minimum absolute atomic E-state index is 0.0967. The molecule has 1 amide bonds. The lowest BCUT2D eigenvalue weighted by atomic mass is 9.89. The molecule has 2 heterocycles. The second kappa shape index (κ2) is 5.11. The van der Waals surface area contributed by atoms with Gasteiger partial charge in [0.1, 0.15) is 0 Å². The number of amides is 1. The van der Waals surface area contributed by atoms with Crippen molar-refractivity contribution in [1.82, 2.24) is 4.90 Å². The Kier molecular flexibility index (Phi) is 3.89. The van der Waals surface area contributed by atoms with Crippen LogP contribution in [0.5, 0.6) is 0 Å². The molecule has 1 unspecified atom stereocenters. The zero-order chi connectivity index (χ0) is 13.3. The van der Waals surface area contributed by atoms with Gasteiger partial charge in [0.25, 0.3) is 0 Å². The third-order valence-electron chi connectivity index (χ3n) is 3.36. The molecule has 0 spiro atoms. The second-order valence-corrected chi connectivity index (χ2v) is 7.38. The lowest BCUT2D eigenvalue weighted by Crippen LogP contribution is -2.38. The highest BCUT2D eigenvalue weighted by molar-refractivity contribution is 9.11. The summed E-state index contributed by atoms with van der Waals surface area (Å²) in [4.78, 5) is 26.1. The lowest BCUT2D eigenvalue weighted by Gasteiger charge is -2.20. The summed E-state index contributed by atoms with van der Waals surface area (Å²) >= 11 is 4.78. The third kappa shape index (κ3) is 2.81. The summed E-state index contributed by atoms with van der Waals surface area (Å²) in [5.41, 5.74) is 4.90. The van der Waals surface area contributed by atoms with Gasteiger partial charge in [-0.15, -0.1) is 11.3 Å². The van der Waals surface area contributed by atoms with Gasteiger partial charge in [-0.2, -0.15) is 0 Å². The summed E-state index contributed by atoms with van der Waals surface area (Å²) in [6, 6.07) is 3.69. The Morgan fingerprint density at radius 3 is 2.78 bits per heavy atom. The smallest absolute Gasteiger partial charge is 0.224 e. The fraction of sp³-hybridized carbons (Fsp3) is 0.500. The van der Waals surface area contributed by atoms with E-state index in [4.69, 9.17) is 5.73 Å². The number of nitrogens with two attached hydrogens (primary N) is 1. The molecule has 6 heteroatoms. The molecule has 0 saturated carbocycles. The minimum Gasteiger partial charge on any atom is -0.369 e. The molecule has 1 saturated heterocycles. The molecule has 1 fully saturated rings. The molecule has 1 aliphatic rings. The van der Waals surface area contributed by atoms with Gasteiger partial charge in [0.05, 0.1) is 20.6 Å². The Bertz CT molecular complexity index is 488. The lowest BCUT2D eigenvalue weighted by molar-refractivity contribution is -0.126. The zero-order valence-corrected chi connectivity index (χ0v) is 12.5. The van der Waals surface area contributed by atoms with Gasteiger partial charge in [-0.05, 0) is 48.0 Å². The van der Waals surface area contributed by atoms with E-state index in [1.54, 1.807) is 0 Å². The fourth-order valence-corrected chi connectivity index (χ4v) is 3.45. The van der Waals surface area contributed by atoms with Gasteiger partial charge >= 0.3 is 0 Å². The maximum Gasteiger partial charge on any atom is 0.224 e. The molecule has 2 N–H and O–H groups in total. The van der Waals surface area contributed by atoms with Crippen molar-refractivity contribution in [3.63, 3.8) is 0 Å². The number of thiophene rings is 1. The van der Waals surface area contributed by atoms with Crippen LogP contribution in [0.4, 0.5) is 0 Å². The average molecular weight is 331 g/mol. The van der Waals surface area contributed by atoms with Crippen LogP contribution in [0.25, 0.3) is 0 Å². The normalized spacial score (nSPS) is 24.3. The van der Waals surface area contributed by atoms with Crippen LogP contribution in [0.3, 0.4) is 0 Å². The number of primary amides is 1. The first-order chi connectivity index (χ1) is 8.40. The molecule has 4 nitrogen and oxygen atoms in total. The van der Waals surface area contributed by atoms with E-state index in [0.29, 0.717) is 13.1 Å². The van der Waals surface area contributed by atoms with E-state index < -0.39 is 5.41 Å². The maximum absolute atomic E-state index is 12.0. The Morgan fingerprint density at radius 2 is 2.28 bits per heavy atom. The Balaban J connectivity index is 1.96. The van der Waals surface area contributed by atoms with Crippen LogP contribution in [0.1, 0.15) is 23.0 Å². The van der Waals surface area contributed by atoms with Gasteiger partial charge < -0.3 is 5.73 Å². The first kappa shape index (κ1) is 13.7. The number of ketones is 1. The highest BCUT2D eigenvalue weighted by atomic mass is 79.9. The van der Waals surface area contributed by atoms with E-state index in [1.165, 1.54) is 11.3 Å². The van der Waals surface area contributed by atoms with Crippen molar-refractivity contribution in [2.24, 2.45) is 11.1 Å². The highest BCUT2D eigenvalue weighted by Gasteiger charge is 2.39. The summed E-state index contributed by atoms with van der Waals surface area (Å²) in [6.45, 7) is 3.54. The van der Waals surface area contributed by atoms with Crippen LogP contribution in [0.15, 0.2) is 15.9 Å². The fourth-order valence-electron chi connectivity index (χ4n) is 2.14. The predicted octanol–water partition coefficient (Wildman–Crippen LogP) is 1.89. The van der Waals surface area contributed by atoms with Gasteiger partial charge in [0, 0.05) is 6.54 Å². The van der Waals surface area contributed by atoms with Crippen molar-refractivity contribution >= 4 is 39.0 Å². The number of Topliss-reactive ketones (excluding diaryl/α,β-unsaturated/α-hetero) is 1. The Morgan fingerprint density at radius 1 is 1.56 bits per heavy atom. The molecule has 1 aromatic heterocycles. The topological polar surface area (TPSA) is 63.4 Å². The Labute approximate surface area is 118 Å². The van der Waals surface area contributed by atoms with E-state index in [2.05, 4.69) is 15.9 Å². The van der Waals surface area contributed by atoms with Crippen molar-refractivity contribution in [2.75, 3.05) is 19.6 Å². The number of rotatable bonds is 4. The summed E-state index contributed by atoms with van der Waals surface area (Å²) < 4.78 is 0.953. The standard InChI is InChI=1S/C12H15BrN2O2S/c1-12(11(14)17)4-5-15(7-12)6-8(16)9-2-3-10(13)18-9/h2-3H,4-7H2,1H3,(H2,14,17). The van der Waals surface area contributed by atoms with E-state index >= 15 is 0 Å². The van der Waals surface area contributed by atoms with E-state index in [9.17, 15) is 9.59 Å². The molecular formula is C12H15BrN2O2S. The maximum atomic E-state index is 12.0.